The fourth-order valence-corrected chi connectivity index (χ4v) is 2.35. The molecule has 0 saturated carbocycles. The second kappa shape index (κ2) is 6.93. The molecule has 114 valence electrons. The summed E-state index contributed by atoms with van der Waals surface area (Å²) in [6.07, 6.45) is 2.61. The van der Waals surface area contributed by atoms with Gasteiger partial charge >= 0.3 is 6.03 Å². The van der Waals surface area contributed by atoms with E-state index in [9.17, 15) is 4.79 Å². The van der Waals surface area contributed by atoms with E-state index in [-0.39, 0.29) is 24.7 Å². The second-order valence-corrected chi connectivity index (χ2v) is 5.58. The third kappa shape index (κ3) is 3.97. The van der Waals surface area contributed by atoms with Gasteiger partial charge in [-0.05, 0) is 44.5 Å². The zero-order valence-electron chi connectivity index (χ0n) is 12.1. The van der Waals surface area contributed by atoms with Crippen LogP contribution in [-0.2, 0) is 0 Å². The number of hydrogen-bond donors (Lipinski definition) is 3. The third-order valence-corrected chi connectivity index (χ3v) is 3.82. The van der Waals surface area contributed by atoms with Gasteiger partial charge in [0.05, 0.1) is 6.04 Å². The number of carbonyl (C=O) groups excluding carboxylic acids is 1. The predicted octanol–water partition coefficient (Wildman–Crippen LogP) is 2.78. The van der Waals surface area contributed by atoms with E-state index in [4.69, 9.17) is 16.7 Å². The lowest BCUT2D eigenvalue weighted by Crippen LogP contribution is -2.57. The molecule has 1 aromatic carbocycles. The van der Waals surface area contributed by atoms with Gasteiger partial charge in [0.25, 0.3) is 0 Å². The third-order valence-electron chi connectivity index (χ3n) is 3.57. The maximum absolute atomic E-state index is 12.4. The first-order valence-corrected chi connectivity index (χ1v) is 7.30. The SMILES string of the molecule is CC1=C[C@@H](CCO)NN(C(=O)Nc2ccc(Cl)cc2)[C@H]1C. The summed E-state index contributed by atoms with van der Waals surface area (Å²) in [6, 6.07) is 6.63. The number of amides is 2. The largest absolute Gasteiger partial charge is 0.396 e. The maximum atomic E-state index is 12.4. The molecule has 1 heterocycles. The quantitative estimate of drug-likeness (QED) is 0.752. The molecular weight excluding hydrogens is 290 g/mol. The topological polar surface area (TPSA) is 64.6 Å². The smallest absolute Gasteiger partial charge is 0.336 e. The summed E-state index contributed by atoms with van der Waals surface area (Å²) in [5, 5.41) is 14.1. The molecule has 1 aromatic rings. The normalized spacial score (nSPS) is 21.9. The van der Waals surface area contributed by atoms with Crippen LogP contribution in [0.3, 0.4) is 0 Å². The first kappa shape index (κ1) is 15.8. The molecule has 1 aliphatic heterocycles. The first-order valence-electron chi connectivity index (χ1n) is 6.92. The highest BCUT2D eigenvalue weighted by Gasteiger charge is 2.28. The molecule has 3 N–H and O–H groups in total. The summed E-state index contributed by atoms with van der Waals surface area (Å²) in [7, 11) is 0. The van der Waals surface area contributed by atoms with Gasteiger partial charge in [-0.3, -0.25) is 5.01 Å². The Bertz CT molecular complexity index is 530. The number of benzene rings is 1. The molecule has 0 aromatic heterocycles. The van der Waals surface area contributed by atoms with Crippen molar-refractivity contribution in [3.63, 3.8) is 0 Å². The van der Waals surface area contributed by atoms with Gasteiger partial charge in [0.15, 0.2) is 0 Å². The van der Waals surface area contributed by atoms with Crippen molar-refractivity contribution in [2.75, 3.05) is 11.9 Å². The molecule has 0 unspecified atom stereocenters. The summed E-state index contributed by atoms with van der Waals surface area (Å²) >= 11 is 5.83. The summed E-state index contributed by atoms with van der Waals surface area (Å²) < 4.78 is 0. The van der Waals surface area contributed by atoms with E-state index in [2.05, 4.69) is 10.7 Å². The molecule has 0 bridgehead atoms. The molecule has 0 fully saturated rings. The molecule has 0 aliphatic carbocycles. The Balaban J connectivity index is 2.07. The van der Waals surface area contributed by atoms with E-state index >= 15 is 0 Å². The van der Waals surface area contributed by atoms with Crippen molar-refractivity contribution in [3.8, 4) is 0 Å². The fourth-order valence-electron chi connectivity index (χ4n) is 2.23. The van der Waals surface area contributed by atoms with Crippen LogP contribution in [0.25, 0.3) is 0 Å². The van der Waals surface area contributed by atoms with Gasteiger partial charge in [-0.15, -0.1) is 0 Å². The average Bonchev–Trinajstić information content (AvgIpc) is 2.45. The van der Waals surface area contributed by atoms with Crippen molar-refractivity contribution in [1.29, 1.82) is 0 Å². The van der Waals surface area contributed by atoms with E-state index in [0.29, 0.717) is 17.1 Å². The minimum Gasteiger partial charge on any atom is -0.396 e. The van der Waals surface area contributed by atoms with Gasteiger partial charge in [-0.25, -0.2) is 10.2 Å². The Labute approximate surface area is 129 Å². The van der Waals surface area contributed by atoms with Crippen LogP contribution >= 0.6 is 11.6 Å². The number of nitrogens with one attached hydrogen (secondary N) is 2. The van der Waals surface area contributed by atoms with E-state index in [1.54, 1.807) is 29.3 Å². The van der Waals surface area contributed by atoms with Gasteiger partial charge in [0.2, 0.25) is 0 Å². The zero-order chi connectivity index (χ0) is 15.4. The number of anilines is 1. The van der Waals surface area contributed by atoms with E-state index in [1.807, 2.05) is 19.9 Å². The van der Waals surface area contributed by atoms with Crippen LogP contribution in [-0.4, -0.2) is 34.8 Å². The van der Waals surface area contributed by atoms with Gasteiger partial charge in [0.1, 0.15) is 0 Å². The molecular formula is C15H20ClN3O2. The van der Waals surface area contributed by atoms with Gasteiger partial charge in [0, 0.05) is 23.4 Å². The molecule has 2 rings (SSSR count). The zero-order valence-corrected chi connectivity index (χ0v) is 12.9. The summed E-state index contributed by atoms with van der Waals surface area (Å²) in [5.41, 5.74) is 4.91. The number of hydrogen-bond acceptors (Lipinski definition) is 3. The minimum atomic E-state index is -0.236. The van der Waals surface area contributed by atoms with E-state index < -0.39 is 0 Å². The Morgan fingerprint density at radius 1 is 1.43 bits per heavy atom. The Hall–Kier alpha value is -1.56. The monoisotopic (exact) mass is 309 g/mol. The van der Waals surface area contributed by atoms with Crippen molar-refractivity contribution in [2.24, 2.45) is 0 Å². The number of rotatable bonds is 3. The summed E-state index contributed by atoms with van der Waals surface area (Å²) in [4.78, 5) is 12.4. The Morgan fingerprint density at radius 2 is 2.10 bits per heavy atom. The van der Waals surface area contributed by atoms with Gasteiger partial charge in [-0.1, -0.05) is 23.3 Å². The molecule has 0 saturated heterocycles. The molecule has 6 heteroatoms. The maximum Gasteiger partial charge on any atom is 0.336 e. The molecule has 5 nitrogen and oxygen atoms in total. The average molecular weight is 310 g/mol. The highest BCUT2D eigenvalue weighted by molar-refractivity contribution is 6.30. The van der Waals surface area contributed by atoms with Crippen LogP contribution in [0.4, 0.5) is 10.5 Å². The molecule has 1 aliphatic rings. The number of nitrogens with zero attached hydrogens (tertiary/aromatic N) is 1. The Kier molecular flexibility index (Phi) is 5.22. The highest BCUT2D eigenvalue weighted by Crippen LogP contribution is 2.19. The predicted molar refractivity (Wildman–Crippen MR) is 84.2 cm³/mol. The number of aliphatic hydroxyl groups is 1. The van der Waals surface area contributed by atoms with Crippen molar-refractivity contribution in [3.05, 3.63) is 40.9 Å². The number of urea groups is 1. The minimum absolute atomic E-state index is 0.0397. The standard InChI is InChI=1S/C15H20ClN3O2/c1-10-9-14(7-8-20)18-19(11(10)2)15(21)17-13-5-3-12(16)4-6-13/h3-6,9,11,14,18,20H,7-8H2,1-2H3,(H,17,21)/t11-,14+/m0/s1. The van der Waals surface area contributed by atoms with Crippen molar-refractivity contribution in [1.82, 2.24) is 10.4 Å². The van der Waals surface area contributed by atoms with Crippen LogP contribution in [0.5, 0.6) is 0 Å². The number of hydrazine groups is 1. The second-order valence-electron chi connectivity index (χ2n) is 5.14. The molecule has 0 spiro atoms. The van der Waals surface area contributed by atoms with Crippen LogP contribution in [0.1, 0.15) is 20.3 Å². The lowest BCUT2D eigenvalue weighted by Gasteiger charge is -2.37. The van der Waals surface area contributed by atoms with Crippen LogP contribution < -0.4 is 10.7 Å². The van der Waals surface area contributed by atoms with E-state index in [0.717, 1.165) is 5.57 Å². The summed E-state index contributed by atoms with van der Waals surface area (Å²) in [5.74, 6) is 0. The lowest BCUT2D eigenvalue weighted by molar-refractivity contribution is 0.140. The molecule has 2 atom stereocenters. The number of halogens is 1. The molecule has 0 radical (unpaired) electrons. The summed E-state index contributed by atoms with van der Waals surface area (Å²) in [6.45, 7) is 4.01. The van der Waals surface area contributed by atoms with Crippen LogP contribution in [0.2, 0.25) is 5.02 Å². The molecule has 21 heavy (non-hydrogen) atoms. The number of aliphatic hydroxyl groups excluding tert-OH is 1. The van der Waals surface area contributed by atoms with Crippen molar-refractivity contribution < 1.29 is 9.90 Å². The van der Waals surface area contributed by atoms with Crippen molar-refractivity contribution >= 4 is 23.3 Å². The van der Waals surface area contributed by atoms with Gasteiger partial charge < -0.3 is 10.4 Å². The number of carbonyl (C=O) groups is 1. The van der Waals surface area contributed by atoms with Crippen molar-refractivity contribution in [2.45, 2.75) is 32.4 Å². The fraction of sp³-hybridized carbons (Fsp3) is 0.400. The Morgan fingerprint density at radius 3 is 2.71 bits per heavy atom. The highest BCUT2D eigenvalue weighted by atomic mass is 35.5. The van der Waals surface area contributed by atoms with E-state index in [1.165, 1.54) is 0 Å². The van der Waals surface area contributed by atoms with Crippen LogP contribution in [0, 0.1) is 0 Å². The first-order chi connectivity index (χ1) is 10.0. The van der Waals surface area contributed by atoms with Gasteiger partial charge in [-0.2, -0.15) is 0 Å². The van der Waals surface area contributed by atoms with Crippen LogP contribution in [0.15, 0.2) is 35.9 Å². The molecule has 2 amide bonds. The lowest BCUT2D eigenvalue weighted by atomic mass is 10.0.